The van der Waals surface area contributed by atoms with Gasteiger partial charge in [-0.3, -0.25) is 4.72 Å². The molecule has 0 aromatic heterocycles. The summed E-state index contributed by atoms with van der Waals surface area (Å²) in [5.41, 5.74) is 7.06. The predicted octanol–water partition coefficient (Wildman–Crippen LogP) is 3.59. The Hall–Kier alpha value is -1.88. The van der Waals surface area contributed by atoms with Crippen LogP contribution in [-0.2, 0) is 16.6 Å². The van der Waals surface area contributed by atoms with Crippen molar-refractivity contribution in [2.45, 2.75) is 43.2 Å². The molecular weight excluding hydrogens is 494 g/mol. The first-order valence-corrected chi connectivity index (χ1v) is 10.3. The highest BCUT2D eigenvalue weighted by Gasteiger charge is 2.15. The van der Waals surface area contributed by atoms with E-state index in [1.807, 2.05) is 0 Å². The Morgan fingerprint density at radius 2 is 1.68 bits per heavy atom. The molecule has 2 aromatic carbocycles. The molecule has 3 rings (SSSR count). The molecule has 0 atom stereocenters. The average Bonchev–Trinajstić information content (AvgIpc) is 3.15. The SMILES string of the molecule is I.NC(=NCc1ccc(S(=O)(=O)Nc2ccc(F)cc2)cc1)NC1CCCC1. The number of aliphatic imine (C=N–C) groups is 1. The monoisotopic (exact) mass is 518 g/mol. The number of nitrogens with zero attached hydrogens (tertiary/aromatic N) is 1. The van der Waals surface area contributed by atoms with Crippen LogP contribution in [0.5, 0.6) is 0 Å². The number of sulfonamides is 1. The molecular formula is C19H24FIN4O2S. The number of benzene rings is 2. The predicted molar refractivity (Wildman–Crippen MR) is 120 cm³/mol. The maximum Gasteiger partial charge on any atom is 0.261 e. The standard InChI is InChI=1S/C19H23FN4O2S.HI/c20-15-7-9-17(10-8-15)24-27(25,26)18-11-5-14(6-12-18)13-22-19(21)23-16-3-1-2-4-16;/h5-12,16,24H,1-4,13H2,(H3,21,22,23);1H. The van der Waals surface area contributed by atoms with Crippen LogP contribution < -0.4 is 15.8 Å². The largest absolute Gasteiger partial charge is 0.370 e. The van der Waals surface area contributed by atoms with Crippen molar-refractivity contribution in [1.82, 2.24) is 5.32 Å². The van der Waals surface area contributed by atoms with E-state index in [0.717, 1.165) is 18.4 Å². The van der Waals surface area contributed by atoms with Crippen LogP contribution in [0.25, 0.3) is 0 Å². The number of guanidine groups is 1. The number of hydrogen-bond acceptors (Lipinski definition) is 3. The molecule has 1 saturated carbocycles. The Morgan fingerprint density at radius 3 is 2.29 bits per heavy atom. The van der Waals surface area contributed by atoms with Crippen molar-refractivity contribution >= 4 is 45.6 Å². The van der Waals surface area contributed by atoms with Gasteiger partial charge in [0.1, 0.15) is 5.82 Å². The highest BCUT2D eigenvalue weighted by Crippen LogP contribution is 2.18. The van der Waals surface area contributed by atoms with Crippen molar-refractivity contribution < 1.29 is 12.8 Å². The quantitative estimate of drug-likeness (QED) is 0.310. The Bertz CT molecular complexity index is 897. The van der Waals surface area contributed by atoms with Gasteiger partial charge in [-0.1, -0.05) is 25.0 Å². The molecule has 152 valence electrons. The molecule has 2 aromatic rings. The second kappa shape index (κ2) is 10.1. The molecule has 0 saturated heterocycles. The lowest BCUT2D eigenvalue weighted by atomic mass is 10.2. The Balaban J connectivity index is 0.00000280. The third-order valence-electron chi connectivity index (χ3n) is 4.47. The van der Waals surface area contributed by atoms with Crippen LogP contribution in [0.15, 0.2) is 58.4 Å². The molecule has 28 heavy (non-hydrogen) atoms. The van der Waals surface area contributed by atoms with Gasteiger partial charge in [0.25, 0.3) is 10.0 Å². The van der Waals surface area contributed by atoms with E-state index in [-0.39, 0.29) is 28.9 Å². The molecule has 1 fully saturated rings. The molecule has 0 heterocycles. The second-order valence-corrected chi connectivity index (χ2v) is 8.27. The summed E-state index contributed by atoms with van der Waals surface area (Å²) in [7, 11) is -3.74. The summed E-state index contributed by atoms with van der Waals surface area (Å²) in [6, 6.07) is 12.0. The van der Waals surface area contributed by atoms with Crippen molar-refractivity contribution in [2.24, 2.45) is 10.7 Å². The Morgan fingerprint density at radius 1 is 1.07 bits per heavy atom. The Kier molecular flexibility index (Phi) is 8.05. The summed E-state index contributed by atoms with van der Waals surface area (Å²) in [6.45, 7) is 0.372. The first-order valence-electron chi connectivity index (χ1n) is 8.86. The van der Waals surface area contributed by atoms with E-state index in [9.17, 15) is 12.8 Å². The van der Waals surface area contributed by atoms with Crippen LogP contribution in [0, 0.1) is 5.82 Å². The summed E-state index contributed by atoms with van der Waals surface area (Å²) in [6.07, 6.45) is 4.66. The number of halogens is 2. The van der Waals surface area contributed by atoms with Crippen molar-refractivity contribution in [3.05, 3.63) is 59.9 Å². The molecule has 0 radical (unpaired) electrons. The van der Waals surface area contributed by atoms with Gasteiger partial charge >= 0.3 is 0 Å². The zero-order valence-electron chi connectivity index (χ0n) is 15.3. The highest BCUT2D eigenvalue weighted by atomic mass is 127. The normalized spacial score (nSPS) is 15.1. The summed E-state index contributed by atoms with van der Waals surface area (Å²) in [4.78, 5) is 4.43. The van der Waals surface area contributed by atoms with Gasteiger partial charge in [0.05, 0.1) is 11.4 Å². The second-order valence-electron chi connectivity index (χ2n) is 6.58. The number of nitrogens with two attached hydrogens (primary N) is 1. The first kappa shape index (κ1) is 22.4. The Labute approximate surface area is 181 Å². The highest BCUT2D eigenvalue weighted by molar-refractivity contribution is 14.0. The van der Waals surface area contributed by atoms with Crippen LogP contribution >= 0.6 is 24.0 Å². The lowest BCUT2D eigenvalue weighted by Crippen LogP contribution is -2.38. The van der Waals surface area contributed by atoms with Crippen molar-refractivity contribution in [3.63, 3.8) is 0 Å². The van der Waals surface area contributed by atoms with E-state index in [0.29, 0.717) is 24.2 Å². The van der Waals surface area contributed by atoms with Crippen LogP contribution in [0.3, 0.4) is 0 Å². The van der Waals surface area contributed by atoms with Gasteiger partial charge in [-0.25, -0.2) is 17.8 Å². The molecule has 0 amide bonds. The number of rotatable bonds is 6. The van der Waals surface area contributed by atoms with Gasteiger partial charge in [-0.15, -0.1) is 24.0 Å². The maximum absolute atomic E-state index is 12.9. The van der Waals surface area contributed by atoms with Gasteiger partial charge in [0.15, 0.2) is 5.96 Å². The number of nitrogens with one attached hydrogen (secondary N) is 2. The minimum absolute atomic E-state index is 0. The smallest absolute Gasteiger partial charge is 0.261 e. The van der Waals surface area contributed by atoms with E-state index in [1.54, 1.807) is 12.1 Å². The minimum Gasteiger partial charge on any atom is -0.370 e. The summed E-state index contributed by atoms with van der Waals surface area (Å²) in [5, 5.41) is 3.21. The van der Waals surface area contributed by atoms with Crippen LogP contribution in [0.2, 0.25) is 0 Å². The molecule has 9 heteroatoms. The molecule has 1 aliphatic rings. The fourth-order valence-corrected chi connectivity index (χ4v) is 4.07. The van der Waals surface area contributed by atoms with Gasteiger partial charge in [-0.05, 0) is 54.8 Å². The average molecular weight is 518 g/mol. The fourth-order valence-electron chi connectivity index (χ4n) is 3.01. The molecule has 0 unspecified atom stereocenters. The van der Waals surface area contributed by atoms with E-state index in [2.05, 4.69) is 15.0 Å². The number of anilines is 1. The third kappa shape index (κ3) is 6.33. The van der Waals surface area contributed by atoms with Crippen molar-refractivity contribution in [3.8, 4) is 0 Å². The maximum atomic E-state index is 12.9. The zero-order chi connectivity index (χ0) is 19.3. The van der Waals surface area contributed by atoms with E-state index in [1.165, 1.54) is 49.2 Å². The topological polar surface area (TPSA) is 96.6 Å². The van der Waals surface area contributed by atoms with Gasteiger partial charge in [0.2, 0.25) is 0 Å². The lowest BCUT2D eigenvalue weighted by molar-refractivity contribution is 0.601. The fraction of sp³-hybridized carbons (Fsp3) is 0.316. The van der Waals surface area contributed by atoms with E-state index >= 15 is 0 Å². The molecule has 0 aliphatic heterocycles. The molecule has 0 bridgehead atoms. The summed E-state index contributed by atoms with van der Waals surface area (Å²) < 4.78 is 40.1. The van der Waals surface area contributed by atoms with E-state index < -0.39 is 15.8 Å². The summed E-state index contributed by atoms with van der Waals surface area (Å²) >= 11 is 0. The zero-order valence-corrected chi connectivity index (χ0v) is 18.4. The minimum atomic E-state index is -3.74. The first-order chi connectivity index (χ1) is 12.9. The molecule has 4 N–H and O–H groups in total. The van der Waals surface area contributed by atoms with Crippen LogP contribution in [0.1, 0.15) is 31.2 Å². The van der Waals surface area contributed by atoms with Crippen molar-refractivity contribution in [1.29, 1.82) is 0 Å². The summed E-state index contributed by atoms with van der Waals surface area (Å²) in [5.74, 6) is -0.0128. The van der Waals surface area contributed by atoms with Crippen molar-refractivity contribution in [2.75, 3.05) is 4.72 Å². The van der Waals surface area contributed by atoms with Gasteiger partial charge in [-0.2, -0.15) is 0 Å². The van der Waals surface area contributed by atoms with Crippen LogP contribution in [-0.4, -0.2) is 20.4 Å². The van der Waals surface area contributed by atoms with Gasteiger partial charge < -0.3 is 11.1 Å². The third-order valence-corrected chi connectivity index (χ3v) is 5.87. The molecule has 0 spiro atoms. The molecule has 1 aliphatic carbocycles. The number of hydrogen-bond donors (Lipinski definition) is 3. The van der Waals surface area contributed by atoms with E-state index in [4.69, 9.17) is 5.73 Å². The van der Waals surface area contributed by atoms with Gasteiger partial charge in [0, 0.05) is 11.7 Å². The van der Waals surface area contributed by atoms with Crippen LogP contribution in [0.4, 0.5) is 10.1 Å². The molecule has 6 nitrogen and oxygen atoms in total. The lowest BCUT2D eigenvalue weighted by Gasteiger charge is -2.12.